The first kappa shape index (κ1) is 12.4. The van der Waals surface area contributed by atoms with Crippen LogP contribution in [0.2, 0.25) is 0 Å². The SMILES string of the molecule is CC(C)c1ccc(N2CCC(N(C)C)C2)nc1. The van der Waals surface area contributed by atoms with Crippen LogP contribution < -0.4 is 4.90 Å². The average Bonchev–Trinajstić information content (AvgIpc) is 2.78. The molecule has 0 spiro atoms. The number of nitrogens with zero attached hydrogens (tertiary/aromatic N) is 3. The summed E-state index contributed by atoms with van der Waals surface area (Å²) in [5.74, 6) is 1.68. The van der Waals surface area contributed by atoms with E-state index in [2.05, 4.69) is 54.9 Å². The summed E-state index contributed by atoms with van der Waals surface area (Å²) in [5, 5.41) is 0. The normalized spacial score (nSPS) is 20.6. The summed E-state index contributed by atoms with van der Waals surface area (Å²) in [4.78, 5) is 9.27. The molecular weight excluding hydrogens is 210 g/mol. The van der Waals surface area contributed by atoms with Crippen LogP contribution in [0.1, 0.15) is 31.7 Å². The number of anilines is 1. The van der Waals surface area contributed by atoms with Crippen molar-refractivity contribution in [2.75, 3.05) is 32.1 Å². The lowest BCUT2D eigenvalue weighted by Crippen LogP contribution is -2.31. The second-order valence-electron chi connectivity index (χ2n) is 5.46. The Morgan fingerprint density at radius 1 is 1.35 bits per heavy atom. The van der Waals surface area contributed by atoms with E-state index in [1.807, 2.05) is 6.20 Å². The predicted molar refractivity (Wildman–Crippen MR) is 72.6 cm³/mol. The van der Waals surface area contributed by atoms with E-state index in [-0.39, 0.29) is 0 Å². The number of hydrogen-bond donors (Lipinski definition) is 0. The Hall–Kier alpha value is -1.09. The highest BCUT2D eigenvalue weighted by Gasteiger charge is 2.24. The molecule has 3 nitrogen and oxygen atoms in total. The van der Waals surface area contributed by atoms with Crippen LogP contribution in [0, 0.1) is 0 Å². The highest BCUT2D eigenvalue weighted by Crippen LogP contribution is 2.22. The molecule has 17 heavy (non-hydrogen) atoms. The zero-order chi connectivity index (χ0) is 12.4. The van der Waals surface area contributed by atoms with E-state index in [1.165, 1.54) is 12.0 Å². The van der Waals surface area contributed by atoms with Crippen molar-refractivity contribution in [3.8, 4) is 0 Å². The third-order valence-electron chi connectivity index (χ3n) is 3.66. The highest BCUT2D eigenvalue weighted by molar-refractivity contribution is 5.41. The fourth-order valence-electron chi connectivity index (χ4n) is 2.30. The van der Waals surface area contributed by atoms with Crippen molar-refractivity contribution in [3.63, 3.8) is 0 Å². The number of aromatic nitrogens is 1. The van der Waals surface area contributed by atoms with E-state index in [9.17, 15) is 0 Å². The van der Waals surface area contributed by atoms with E-state index in [0.29, 0.717) is 12.0 Å². The van der Waals surface area contributed by atoms with Crippen LogP contribution in [0.25, 0.3) is 0 Å². The predicted octanol–water partition coefficient (Wildman–Crippen LogP) is 2.35. The Bertz CT molecular complexity index is 356. The van der Waals surface area contributed by atoms with Crippen LogP contribution in [0.4, 0.5) is 5.82 Å². The molecule has 0 aliphatic carbocycles. The molecule has 94 valence electrons. The molecular formula is C14H23N3. The smallest absolute Gasteiger partial charge is 0.128 e. The van der Waals surface area contributed by atoms with Gasteiger partial charge >= 0.3 is 0 Å². The van der Waals surface area contributed by atoms with Crippen molar-refractivity contribution in [2.45, 2.75) is 32.2 Å². The third kappa shape index (κ3) is 2.78. The van der Waals surface area contributed by atoms with Gasteiger partial charge in [0.05, 0.1) is 0 Å². The summed E-state index contributed by atoms with van der Waals surface area (Å²) in [7, 11) is 4.31. The summed E-state index contributed by atoms with van der Waals surface area (Å²) >= 11 is 0. The van der Waals surface area contributed by atoms with E-state index in [4.69, 9.17) is 0 Å². The Labute approximate surface area is 104 Å². The molecule has 0 aromatic carbocycles. The van der Waals surface area contributed by atoms with Gasteiger partial charge in [-0.15, -0.1) is 0 Å². The number of pyridine rings is 1. The van der Waals surface area contributed by atoms with Crippen LogP contribution in [0.15, 0.2) is 18.3 Å². The first-order valence-electron chi connectivity index (χ1n) is 6.45. The molecule has 1 unspecified atom stereocenters. The van der Waals surface area contributed by atoms with E-state index < -0.39 is 0 Å². The van der Waals surface area contributed by atoms with E-state index >= 15 is 0 Å². The summed E-state index contributed by atoms with van der Waals surface area (Å²) in [6.45, 7) is 6.63. The second-order valence-corrected chi connectivity index (χ2v) is 5.46. The molecule has 0 bridgehead atoms. The molecule has 1 aromatic rings. The maximum atomic E-state index is 4.58. The lowest BCUT2D eigenvalue weighted by molar-refractivity contribution is 0.315. The molecule has 0 N–H and O–H groups in total. The van der Waals surface area contributed by atoms with Crippen LogP contribution in [-0.2, 0) is 0 Å². The first-order chi connectivity index (χ1) is 8.08. The number of hydrogen-bond acceptors (Lipinski definition) is 3. The molecule has 1 aliphatic rings. The van der Waals surface area contributed by atoms with Crippen molar-refractivity contribution in [2.24, 2.45) is 0 Å². The summed E-state index contributed by atoms with van der Waals surface area (Å²) in [5.41, 5.74) is 1.32. The van der Waals surface area contributed by atoms with Crippen LogP contribution >= 0.6 is 0 Å². The zero-order valence-electron chi connectivity index (χ0n) is 11.3. The van der Waals surface area contributed by atoms with E-state index in [1.54, 1.807) is 0 Å². The Morgan fingerprint density at radius 3 is 2.59 bits per heavy atom. The van der Waals surface area contributed by atoms with Crippen molar-refractivity contribution in [1.82, 2.24) is 9.88 Å². The van der Waals surface area contributed by atoms with E-state index in [0.717, 1.165) is 18.9 Å². The molecule has 0 radical (unpaired) electrons. The molecule has 2 heterocycles. The average molecular weight is 233 g/mol. The Kier molecular flexibility index (Phi) is 3.67. The maximum absolute atomic E-state index is 4.58. The molecule has 0 saturated carbocycles. The van der Waals surface area contributed by atoms with Gasteiger partial charge < -0.3 is 9.80 Å². The third-order valence-corrected chi connectivity index (χ3v) is 3.66. The fraction of sp³-hybridized carbons (Fsp3) is 0.643. The summed E-state index contributed by atoms with van der Waals surface area (Å²) in [6.07, 6.45) is 3.25. The van der Waals surface area contributed by atoms with Gasteiger partial charge in [0.15, 0.2) is 0 Å². The zero-order valence-corrected chi connectivity index (χ0v) is 11.3. The second kappa shape index (κ2) is 5.05. The van der Waals surface area contributed by atoms with Gasteiger partial charge in [0.1, 0.15) is 5.82 Å². The largest absolute Gasteiger partial charge is 0.355 e. The minimum atomic E-state index is 0.560. The van der Waals surface area contributed by atoms with Gasteiger partial charge in [0, 0.05) is 25.3 Å². The van der Waals surface area contributed by atoms with Gasteiger partial charge in [0.2, 0.25) is 0 Å². The molecule has 1 aliphatic heterocycles. The minimum Gasteiger partial charge on any atom is -0.355 e. The van der Waals surface area contributed by atoms with Crippen LogP contribution in [0.3, 0.4) is 0 Å². The molecule has 1 saturated heterocycles. The first-order valence-corrected chi connectivity index (χ1v) is 6.45. The molecule has 1 aromatic heterocycles. The Morgan fingerprint density at radius 2 is 2.12 bits per heavy atom. The number of likely N-dealkylation sites (N-methyl/N-ethyl adjacent to an activating group) is 1. The van der Waals surface area contributed by atoms with Gasteiger partial charge in [0.25, 0.3) is 0 Å². The fourth-order valence-corrected chi connectivity index (χ4v) is 2.30. The summed E-state index contributed by atoms with van der Waals surface area (Å²) in [6, 6.07) is 5.03. The minimum absolute atomic E-state index is 0.560. The van der Waals surface area contributed by atoms with Gasteiger partial charge in [-0.2, -0.15) is 0 Å². The van der Waals surface area contributed by atoms with Gasteiger partial charge in [-0.1, -0.05) is 19.9 Å². The lowest BCUT2D eigenvalue weighted by atomic mass is 10.1. The molecule has 1 fully saturated rings. The van der Waals surface area contributed by atoms with Crippen LogP contribution in [-0.4, -0.2) is 43.1 Å². The highest BCUT2D eigenvalue weighted by atomic mass is 15.3. The summed E-state index contributed by atoms with van der Waals surface area (Å²) < 4.78 is 0. The number of rotatable bonds is 3. The molecule has 2 rings (SSSR count). The quantitative estimate of drug-likeness (QED) is 0.799. The van der Waals surface area contributed by atoms with Crippen molar-refractivity contribution in [1.29, 1.82) is 0 Å². The maximum Gasteiger partial charge on any atom is 0.128 e. The van der Waals surface area contributed by atoms with Crippen molar-refractivity contribution in [3.05, 3.63) is 23.9 Å². The van der Waals surface area contributed by atoms with Gasteiger partial charge in [-0.25, -0.2) is 4.98 Å². The van der Waals surface area contributed by atoms with Gasteiger partial charge in [-0.05, 0) is 38.1 Å². The van der Waals surface area contributed by atoms with Crippen molar-refractivity contribution < 1.29 is 0 Å². The lowest BCUT2D eigenvalue weighted by Gasteiger charge is -2.21. The Balaban J connectivity index is 2.04. The van der Waals surface area contributed by atoms with Crippen LogP contribution in [0.5, 0.6) is 0 Å². The van der Waals surface area contributed by atoms with Gasteiger partial charge in [-0.3, -0.25) is 0 Å². The standard InChI is InChI=1S/C14H23N3/c1-11(2)12-5-6-14(15-9-12)17-8-7-13(10-17)16(3)4/h5-6,9,11,13H,7-8,10H2,1-4H3. The molecule has 3 heteroatoms. The molecule has 1 atom stereocenters. The molecule has 0 amide bonds. The monoisotopic (exact) mass is 233 g/mol. The van der Waals surface area contributed by atoms with Crippen molar-refractivity contribution >= 4 is 5.82 Å². The topological polar surface area (TPSA) is 19.4 Å².